The van der Waals surface area contributed by atoms with Gasteiger partial charge in [0.2, 0.25) is 0 Å². The Labute approximate surface area is 148 Å². The minimum atomic E-state index is -0.805. The van der Waals surface area contributed by atoms with Crippen LogP contribution in [0.2, 0.25) is 0 Å². The average molecular weight is 345 g/mol. The van der Waals surface area contributed by atoms with Crippen LogP contribution >= 0.6 is 0 Å². The largest absolute Gasteiger partial charge is 0.481 e. The van der Waals surface area contributed by atoms with Gasteiger partial charge in [0, 0.05) is 31.5 Å². The summed E-state index contributed by atoms with van der Waals surface area (Å²) in [5, 5.41) is 12.4. The molecule has 2 fully saturated rings. The van der Waals surface area contributed by atoms with Crippen molar-refractivity contribution in [2.45, 2.75) is 51.0 Å². The van der Waals surface area contributed by atoms with Gasteiger partial charge in [-0.15, -0.1) is 0 Å². The van der Waals surface area contributed by atoms with Crippen LogP contribution in [0, 0.1) is 11.8 Å². The first-order valence-electron chi connectivity index (χ1n) is 9.30. The third kappa shape index (κ3) is 4.71. The van der Waals surface area contributed by atoms with Crippen molar-refractivity contribution in [2.24, 2.45) is 11.8 Å². The van der Waals surface area contributed by atoms with E-state index in [4.69, 9.17) is 0 Å². The third-order valence-corrected chi connectivity index (χ3v) is 5.51. The fourth-order valence-electron chi connectivity index (χ4n) is 4.08. The summed E-state index contributed by atoms with van der Waals surface area (Å²) in [6.07, 6.45) is 10.5. The maximum atomic E-state index is 12.7. The maximum absolute atomic E-state index is 12.7. The summed E-state index contributed by atoms with van der Waals surface area (Å²) in [4.78, 5) is 29.8. The van der Waals surface area contributed by atoms with Gasteiger partial charge in [0.05, 0.1) is 5.92 Å². The lowest BCUT2D eigenvalue weighted by molar-refractivity contribution is -0.143. The van der Waals surface area contributed by atoms with Crippen molar-refractivity contribution >= 4 is 12.0 Å². The lowest BCUT2D eigenvalue weighted by atomic mass is 9.92. The van der Waals surface area contributed by atoms with Crippen LogP contribution in [0.5, 0.6) is 0 Å². The molecule has 1 aliphatic heterocycles. The molecule has 2 aliphatic rings. The number of pyridine rings is 1. The molecule has 1 saturated carbocycles. The number of likely N-dealkylation sites (tertiary alicyclic amines) is 1. The normalized spacial score (nSPS) is 22.6. The zero-order valence-electron chi connectivity index (χ0n) is 14.6. The van der Waals surface area contributed by atoms with E-state index in [0.717, 1.165) is 31.2 Å². The van der Waals surface area contributed by atoms with Crippen molar-refractivity contribution in [3.63, 3.8) is 0 Å². The number of carbonyl (C=O) groups excluding carboxylic acids is 1. The van der Waals surface area contributed by atoms with E-state index in [0.29, 0.717) is 25.4 Å². The number of nitrogens with one attached hydrogen (secondary N) is 1. The molecule has 6 nitrogen and oxygen atoms in total. The SMILES string of the molecule is O=C(O)[C@@H]1CCCN(C(=O)NC(Cc2cccnc2)C2CCCC2)C1. The number of carboxylic acids is 1. The van der Waals surface area contributed by atoms with Gasteiger partial charge in [0.15, 0.2) is 0 Å². The van der Waals surface area contributed by atoms with E-state index in [1.165, 1.54) is 12.8 Å². The molecule has 136 valence electrons. The van der Waals surface area contributed by atoms with Crippen molar-refractivity contribution < 1.29 is 14.7 Å². The van der Waals surface area contributed by atoms with E-state index in [1.54, 1.807) is 11.1 Å². The number of urea groups is 1. The van der Waals surface area contributed by atoms with Gasteiger partial charge in [-0.2, -0.15) is 0 Å². The molecule has 2 N–H and O–H groups in total. The Morgan fingerprint density at radius 3 is 2.76 bits per heavy atom. The minimum Gasteiger partial charge on any atom is -0.481 e. The first-order valence-corrected chi connectivity index (χ1v) is 9.30. The lowest BCUT2D eigenvalue weighted by Gasteiger charge is -2.33. The number of hydrogen-bond acceptors (Lipinski definition) is 3. The molecule has 1 aromatic heterocycles. The highest BCUT2D eigenvalue weighted by Gasteiger charge is 2.31. The third-order valence-electron chi connectivity index (χ3n) is 5.51. The average Bonchev–Trinajstić information content (AvgIpc) is 3.17. The highest BCUT2D eigenvalue weighted by atomic mass is 16.4. The van der Waals surface area contributed by atoms with E-state index in [1.807, 2.05) is 18.3 Å². The van der Waals surface area contributed by atoms with Crippen LogP contribution in [-0.2, 0) is 11.2 Å². The molecule has 1 aromatic rings. The molecule has 2 heterocycles. The van der Waals surface area contributed by atoms with Crippen molar-refractivity contribution in [2.75, 3.05) is 13.1 Å². The predicted octanol–water partition coefficient (Wildman–Crippen LogP) is 2.69. The Morgan fingerprint density at radius 2 is 2.08 bits per heavy atom. The van der Waals surface area contributed by atoms with Gasteiger partial charge in [-0.05, 0) is 49.7 Å². The molecular formula is C19H27N3O3. The lowest BCUT2D eigenvalue weighted by Crippen LogP contribution is -2.51. The van der Waals surface area contributed by atoms with Crippen LogP contribution in [-0.4, -0.2) is 46.1 Å². The van der Waals surface area contributed by atoms with E-state index in [2.05, 4.69) is 10.3 Å². The molecule has 0 radical (unpaired) electrons. The van der Waals surface area contributed by atoms with Gasteiger partial charge in [0.25, 0.3) is 0 Å². The Balaban J connectivity index is 1.64. The van der Waals surface area contributed by atoms with E-state index in [9.17, 15) is 14.7 Å². The first kappa shape index (κ1) is 17.7. The number of carboxylic acid groups (broad SMARTS) is 1. The second-order valence-corrected chi connectivity index (χ2v) is 7.29. The van der Waals surface area contributed by atoms with E-state index >= 15 is 0 Å². The number of aliphatic carboxylic acids is 1. The zero-order valence-corrected chi connectivity index (χ0v) is 14.6. The second-order valence-electron chi connectivity index (χ2n) is 7.29. The smallest absolute Gasteiger partial charge is 0.317 e. The predicted molar refractivity (Wildman–Crippen MR) is 94.2 cm³/mol. The number of rotatable bonds is 5. The summed E-state index contributed by atoms with van der Waals surface area (Å²) >= 11 is 0. The summed E-state index contributed by atoms with van der Waals surface area (Å²) in [6.45, 7) is 0.950. The van der Waals surface area contributed by atoms with Crippen molar-refractivity contribution in [3.05, 3.63) is 30.1 Å². The summed E-state index contributed by atoms with van der Waals surface area (Å²) in [5.41, 5.74) is 1.13. The number of aromatic nitrogens is 1. The number of hydrogen-bond donors (Lipinski definition) is 2. The standard InChI is InChI=1S/C19H27N3O3/c23-18(24)16-8-4-10-22(13-16)19(25)21-17(15-6-1-2-7-15)11-14-5-3-9-20-12-14/h3,5,9,12,15-17H,1-2,4,6-8,10-11,13H2,(H,21,25)(H,23,24)/t16-,17?/m1/s1. The van der Waals surface area contributed by atoms with Crippen LogP contribution in [0.3, 0.4) is 0 Å². The molecule has 0 bridgehead atoms. The molecule has 6 heteroatoms. The topological polar surface area (TPSA) is 82.5 Å². The minimum absolute atomic E-state index is 0.0874. The molecule has 1 saturated heterocycles. The number of carbonyl (C=O) groups is 2. The van der Waals surface area contributed by atoms with Crippen LogP contribution in [0.4, 0.5) is 4.79 Å². The second kappa shape index (κ2) is 8.32. The van der Waals surface area contributed by atoms with Gasteiger partial charge >= 0.3 is 12.0 Å². The van der Waals surface area contributed by atoms with Gasteiger partial charge in [-0.25, -0.2) is 4.79 Å². The highest BCUT2D eigenvalue weighted by molar-refractivity contribution is 5.76. The van der Waals surface area contributed by atoms with Gasteiger partial charge in [0.1, 0.15) is 0 Å². The van der Waals surface area contributed by atoms with Crippen LogP contribution in [0.15, 0.2) is 24.5 Å². The fraction of sp³-hybridized carbons (Fsp3) is 0.632. The summed E-state index contributed by atoms with van der Waals surface area (Å²) in [6, 6.07) is 3.93. The number of nitrogens with zero attached hydrogens (tertiary/aromatic N) is 2. The van der Waals surface area contributed by atoms with Crippen molar-refractivity contribution in [3.8, 4) is 0 Å². The summed E-state index contributed by atoms with van der Waals surface area (Å²) in [5.74, 6) is -0.757. The van der Waals surface area contributed by atoms with Crippen molar-refractivity contribution in [1.82, 2.24) is 15.2 Å². The molecule has 0 spiro atoms. The summed E-state index contributed by atoms with van der Waals surface area (Å²) in [7, 11) is 0. The Hall–Kier alpha value is -2.11. The summed E-state index contributed by atoms with van der Waals surface area (Å²) < 4.78 is 0. The van der Waals surface area contributed by atoms with Gasteiger partial charge in [-0.3, -0.25) is 9.78 Å². The van der Waals surface area contributed by atoms with Crippen LogP contribution < -0.4 is 5.32 Å². The first-order chi connectivity index (χ1) is 12.1. The highest BCUT2D eigenvalue weighted by Crippen LogP contribution is 2.29. The van der Waals surface area contributed by atoms with E-state index < -0.39 is 11.9 Å². The molecule has 0 aromatic carbocycles. The number of amides is 2. The molecule has 3 rings (SSSR count). The van der Waals surface area contributed by atoms with Crippen LogP contribution in [0.25, 0.3) is 0 Å². The molecule has 1 unspecified atom stereocenters. The Bertz CT molecular complexity index is 587. The fourth-order valence-corrected chi connectivity index (χ4v) is 4.08. The molecule has 2 atom stereocenters. The monoisotopic (exact) mass is 345 g/mol. The Morgan fingerprint density at radius 1 is 1.28 bits per heavy atom. The van der Waals surface area contributed by atoms with Gasteiger partial charge < -0.3 is 15.3 Å². The molecule has 25 heavy (non-hydrogen) atoms. The van der Waals surface area contributed by atoms with E-state index in [-0.39, 0.29) is 12.1 Å². The van der Waals surface area contributed by atoms with Gasteiger partial charge in [-0.1, -0.05) is 18.9 Å². The molecular weight excluding hydrogens is 318 g/mol. The van der Waals surface area contributed by atoms with Crippen molar-refractivity contribution in [1.29, 1.82) is 0 Å². The Kier molecular flexibility index (Phi) is 5.89. The molecule has 2 amide bonds. The number of piperidine rings is 1. The zero-order chi connectivity index (χ0) is 17.6. The van der Waals surface area contributed by atoms with Crippen LogP contribution in [0.1, 0.15) is 44.1 Å². The quantitative estimate of drug-likeness (QED) is 0.859. The molecule has 1 aliphatic carbocycles. The maximum Gasteiger partial charge on any atom is 0.317 e.